The Kier molecular flexibility index (Phi) is 3.99. The van der Waals surface area contributed by atoms with Crippen molar-refractivity contribution in [1.82, 2.24) is 5.32 Å². The fourth-order valence-corrected chi connectivity index (χ4v) is 2.19. The molecule has 96 valence electrons. The van der Waals surface area contributed by atoms with Crippen molar-refractivity contribution in [3.8, 4) is 0 Å². The Labute approximate surface area is 109 Å². The number of aliphatic hydroxyl groups excluding tert-OH is 1. The minimum absolute atomic E-state index is 0.0696. The highest BCUT2D eigenvalue weighted by Gasteiger charge is 2.21. The molecule has 1 aromatic carbocycles. The highest BCUT2D eigenvalue weighted by molar-refractivity contribution is 6.33. The Morgan fingerprint density at radius 3 is 2.89 bits per heavy atom. The lowest BCUT2D eigenvalue weighted by Gasteiger charge is -2.13. The van der Waals surface area contributed by atoms with Gasteiger partial charge in [-0.1, -0.05) is 23.8 Å². The number of hydrogen-bond donors (Lipinski definition) is 2. The summed E-state index contributed by atoms with van der Waals surface area (Å²) in [6.45, 7) is 0.0696. The van der Waals surface area contributed by atoms with Crippen LogP contribution in [-0.4, -0.2) is 23.7 Å². The van der Waals surface area contributed by atoms with Crippen LogP contribution in [0, 0.1) is 11.7 Å². The van der Waals surface area contributed by atoms with Gasteiger partial charge >= 0.3 is 0 Å². The van der Waals surface area contributed by atoms with Crippen LogP contribution in [0.25, 0.3) is 0 Å². The van der Waals surface area contributed by atoms with Crippen molar-refractivity contribution in [2.24, 2.45) is 5.92 Å². The summed E-state index contributed by atoms with van der Waals surface area (Å²) in [6.07, 6.45) is 4.38. The van der Waals surface area contributed by atoms with E-state index in [0.717, 1.165) is 6.07 Å². The number of hydrogen-bond acceptors (Lipinski definition) is 2. The smallest absolute Gasteiger partial charge is 0.253 e. The quantitative estimate of drug-likeness (QED) is 0.826. The largest absolute Gasteiger partial charge is 0.396 e. The molecule has 0 aliphatic heterocycles. The molecular weight excluding hydrogens is 257 g/mol. The third kappa shape index (κ3) is 2.89. The summed E-state index contributed by atoms with van der Waals surface area (Å²) in [5.41, 5.74) is 0.249. The summed E-state index contributed by atoms with van der Waals surface area (Å²) < 4.78 is 12.9. The molecule has 5 heteroatoms. The van der Waals surface area contributed by atoms with Crippen LogP contribution in [0.4, 0.5) is 4.39 Å². The predicted molar refractivity (Wildman–Crippen MR) is 67.0 cm³/mol. The van der Waals surface area contributed by atoms with Gasteiger partial charge in [0, 0.05) is 18.6 Å². The van der Waals surface area contributed by atoms with Crippen molar-refractivity contribution >= 4 is 17.5 Å². The fraction of sp³-hybridized carbons (Fsp3) is 0.308. The fourth-order valence-electron chi connectivity index (χ4n) is 1.94. The number of benzene rings is 1. The van der Waals surface area contributed by atoms with Gasteiger partial charge in [0.05, 0.1) is 10.6 Å². The number of amides is 1. The normalized spacial score (nSPS) is 22.2. The molecule has 1 aromatic rings. The van der Waals surface area contributed by atoms with Gasteiger partial charge in [0.25, 0.3) is 5.91 Å². The molecule has 2 atom stereocenters. The summed E-state index contributed by atoms with van der Waals surface area (Å²) in [5, 5.41) is 11.8. The van der Waals surface area contributed by atoms with E-state index in [1.807, 2.05) is 12.2 Å². The highest BCUT2D eigenvalue weighted by Crippen LogP contribution is 2.20. The zero-order valence-electron chi connectivity index (χ0n) is 9.57. The number of carbonyl (C=O) groups excluding carboxylic acids is 1. The lowest BCUT2D eigenvalue weighted by Crippen LogP contribution is -2.33. The minimum Gasteiger partial charge on any atom is -0.396 e. The number of nitrogens with one attached hydrogen (secondary N) is 1. The summed E-state index contributed by atoms with van der Waals surface area (Å²) in [7, 11) is 0. The molecule has 0 heterocycles. The summed E-state index contributed by atoms with van der Waals surface area (Å²) >= 11 is 5.81. The molecule has 2 rings (SSSR count). The van der Waals surface area contributed by atoms with Crippen LogP contribution in [0.1, 0.15) is 16.8 Å². The van der Waals surface area contributed by atoms with E-state index < -0.39 is 5.82 Å². The van der Waals surface area contributed by atoms with Crippen LogP contribution in [0.5, 0.6) is 0 Å². The summed E-state index contributed by atoms with van der Waals surface area (Å²) in [5.74, 6) is -0.732. The van der Waals surface area contributed by atoms with Crippen molar-refractivity contribution in [3.05, 3.63) is 46.8 Å². The molecule has 0 fully saturated rings. The Balaban J connectivity index is 2.02. The van der Waals surface area contributed by atoms with E-state index in [-0.39, 0.29) is 35.1 Å². The second-order valence-corrected chi connectivity index (χ2v) is 4.67. The average molecular weight is 270 g/mol. The van der Waals surface area contributed by atoms with E-state index in [4.69, 9.17) is 16.7 Å². The molecule has 0 saturated carbocycles. The number of rotatable bonds is 3. The second kappa shape index (κ2) is 5.50. The van der Waals surface area contributed by atoms with Gasteiger partial charge in [0.15, 0.2) is 0 Å². The molecule has 1 amide bonds. The first-order valence-corrected chi connectivity index (χ1v) is 6.03. The van der Waals surface area contributed by atoms with Crippen molar-refractivity contribution in [1.29, 1.82) is 0 Å². The van der Waals surface area contributed by atoms with Crippen molar-refractivity contribution in [2.75, 3.05) is 6.61 Å². The van der Waals surface area contributed by atoms with Crippen LogP contribution in [0.15, 0.2) is 30.4 Å². The maximum Gasteiger partial charge on any atom is 0.253 e. The molecule has 18 heavy (non-hydrogen) atoms. The van der Waals surface area contributed by atoms with Crippen molar-refractivity contribution < 1.29 is 14.3 Å². The molecule has 1 aliphatic carbocycles. The maximum absolute atomic E-state index is 12.9. The first-order chi connectivity index (χ1) is 8.60. The van der Waals surface area contributed by atoms with E-state index in [1.165, 1.54) is 12.1 Å². The van der Waals surface area contributed by atoms with Crippen molar-refractivity contribution in [2.45, 2.75) is 12.5 Å². The second-order valence-electron chi connectivity index (χ2n) is 4.27. The number of aliphatic hydroxyl groups is 1. The maximum atomic E-state index is 12.9. The van der Waals surface area contributed by atoms with Gasteiger partial charge in [-0.15, -0.1) is 0 Å². The first-order valence-electron chi connectivity index (χ1n) is 5.65. The van der Waals surface area contributed by atoms with E-state index in [1.54, 1.807) is 0 Å². The van der Waals surface area contributed by atoms with E-state index in [0.29, 0.717) is 6.42 Å². The Bertz CT molecular complexity index is 490. The molecule has 0 saturated heterocycles. The molecule has 0 bridgehead atoms. The van der Waals surface area contributed by atoms with Gasteiger partial charge in [0.1, 0.15) is 5.82 Å². The zero-order chi connectivity index (χ0) is 13.1. The van der Waals surface area contributed by atoms with E-state index >= 15 is 0 Å². The van der Waals surface area contributed by atoms with Gasteiger partial charge in [-0.2, -0.15) is 0 Å². The topological polar surface area (TPSA) is 49.3 Å². The Morgan fingerprint density at radius 1 is 1.50 bits per heavy atom. The number of carbonyl (C=O) groups is 1. The van der Waals surface area contributed by atoms with Gasteiger partial charge in [-0.25, -0.2) is 4.39 Å². The lowest BCUT2D eigenvalue weighted by atomic mass is 10.1. The highest BCUT2D eigenvalue weighted by atomic mass is 35.5. The molecule has 0 radical (unpaired) electrons. The predicted octanol–water partition coefficient (Wildman–Crippen LogP) is 2.15. The summed E-state index contributed by atoms with van der Waals surface area (Å²) in [6, 6.07) is 3.55. The molecule has 0 aromatic heterocycles. The van der Waals surface area contributed by atoms with Gasteiger partial charge in [-0.3, -0.25) is 4.79 Å². The van der Waals surface area contributed by atoms with Gasteiger partial charge in [-0.05, 0) is 24.6 Å². The van der Waals surface area contributed by atoms with Gasteiger partial charge in [0.2, 0.25) is 0 Å². The first kappa shape index (κ1) is 13.1. The molecular formula is C13H13ClFNO2. The lowest BCUT2D eigenvalue weighted by molar-refractivity contribution is 0.0941. The van der Waals surface area contributed by atoms with Gasteiger partial charge < -0.3 is 10.4 Å². The van der Waals surface area contributed by atoms with E-state index in [9.17, 15) is 9.18 Å². The standard InChI is InChI=1S/C13H13ClFNO2/c14-12-6-9(15)2-4-11(12)13(18)16-10-3-1-8(5-10)7-17/h1-4,6,8,10,17H,5,7H2,(H,16,18)/t8-,10+/m0/s1. The Morgan fingerprint density at radius 2 is 2.28 bits per heavy atom. The van der Waals surface area contributed by atoms with Crippen LogP contribution >= 0.6 is 11.6 Å². The molecule has 3 nitrogen and oxygen atoms in total. The zero-order valence-corrected chi connectivity index (χ0v) is 10.3. The van der Waals surface area contributed by atoms with Crippen LogP contribution in [0.2, 0.25) is 5.02 Å². The third-order valence-corrected chi connectivity index (χ3v) is 3.21. The van der Waals surface area contributed by atoms with Crippen molar-refractivity contribution in [3.63, 3.8) is 0 Å². The minimum atomic E-state index is -0.474. The average Bonchev–Trinajstić information content (AvgIpc) is 2.76. The summed E-state index contributed by atoms with van der Waals surface area (Å²) in [4.78, 5) is 11.9. The molecule has 0 spiro atoms. The van der Waals surface area contributed by atoms with Crippen LogP contribution in [-0.2, 0) is 0 Å². The van der Waals surface area contributed by atoms with Crippen LogP contribution < -0.4 is 5.32 Å². The SMILES string of the molecule is O=C(N[C@@H]1C=C[C@H](CO)C1)c1ccc(F)cc1Cl. The molecule has 0 unspecified atom stereocenters. The van der Waals surface area contributed by atoms with E-state index in [2.05, 4.69) is 5.32 Å². The molecule has 1 aliphatic rings. The number of halogens is 2. The monoisotopic (exact) mass is 269 g/mol. The molecule has 2 N–H and O–H groups in total. The third-order valence-electron chi connectivity index (χ3n) is 2.90. The van der Waals surface area contributed by atoms with Crippen LogP contribution in [0.3, 0.4) is 0 Å². The Hall–Kier alpha value is -1.39.